The van der Waals surface area contributed by atoms with E-state index in [4.69, 9.17) is 11.0 Å². The highest BCUT2D eigenvalue weighted by atomic mass is 15.1. The molecule has 0 aliphatic heterocycles. The highest BCUT2D eigenvalue weighted by Gasteiger charge is 2.22. The average Bonchev–Trinajstić information content (AvgIpc) is 3.07. The minimum atomic E-state index is 0.210. The summed E-state index contributed by atoms with van der Waals surface area (Å²) in [6, 6.07) is 20.4. The molecule has 0 saturated carbocycles. The second-order valence-electron chi connectivity index (χ2n) is 5.68. The summed E-state index contributed by atoms with van der Waals surface area (Å²) in [4.78, 5) is 4.54. The average molecular weight is 334 g/mol. The van der Waals surface area contributed by atoms with Gasteiger partial charge in [-0.15, -0.1) is 0 Å². The van der Waals surface area contributed by atoms with Crippen molar-refractivity contribution in [3.8, 4) is 29.3 Å². The number of anilines is 1. The fraction of sp³-hybridized carbons (Fsp3) is 0. The monoisotopic (exact) mass is 334 g/mol. The van der Waals surface area contributed by atoms with Crippen molar-refractivity contribution in [2.24, 2.45) is 0 Å². The van der Waals surface area contributed by atoms with Crippen LogP contribution in [0.5, 0.6) is 0 Å². The minimum absolute atomic E-state index is 0.210. The van der Waals surface area contributed by atoms with Crippen molar-refractivity contribution in [1.82, 2.24) is 9.38 Å². The third-order valence-electron chi connectivity index (χ3n) is 4.31. The van der Waals surface area contributed by atoms with E-state index in [2.05, 4.69) is 23.2 Å². The molecule has 0 amide bonds. The van der Waals surface area contributed by atoms with Gasteiger partial charge in [0.1, 0.15) is 29.1 Å². The highest BCUT2D eigenvalue weighted by Crippen LogP contribution is 2.35. The van der Waals surface area contributed by atoms with Crippen molar-refractivity contribution in [2.45, 2.75) is 0 Å². The summed E-state index contributed by atoms with van der Waals surface area (Å²) in [7, 11) is 0. The molecule has 0 aliphatic carbocycles. The summed E-state index contributed by atoms with van der Waals surface area (Å²) in [5.74, 6) is 0.231. The zero-order valence-electron chi connectivity index (χ0n) is 13.4. The molecule has 6 nitrogen and oxygen atoms in total. The van der Waals surface area contributed by atoms with Crippen LogP contribution in [0.1, 0.15) is 16.7 Å². The quantitative estimate of drug-likeness (QED) is 0.573. The molecule has 0 radical (unpaired) electrons. The smallest absolute Gasteiger partial charge is 0.158 e. The molecular formula is C20H10N6. The molecule has 2 heterocycles. The molecule has 26 heavy (non-hydrogen) atoms. The first kappa shape index (κ1) is 15.2. The Morgan fingerprint density at radius 3 is 2.19 bits per heavy atom. The fourth-order valence-corrected chi connectivity index (χ4v) is 3.13. The Kier molecular flexibility index (Phi) is 3.29. The van der Waals surface area contributed by atoms with E-state index >= 15 is 0 Å². The first-order valence-corrected chi connectivity index (χ1v) is 7.73. The Bertz CT molecular complexity index is 1310. The van der Waals surface area contributed by atoms with Gasteiger partial charge in [0.15, 0.2) is 5.65 Å². The summed E-state index contributed by atoms with van der Waals surface area (Å²) in [5, 5.41) is 28.5. The number of benzene rings is 2. The Labute approximate surface area is 148 Å². The molecular weight excluding hydrogens is 324 g/mol. The normalized spacial score (nSPS) is 10.3. The van der Waals surface area contributed by atoms with Gasteiger partial charge in [-0.3, -0.25) is 4.40 Å². The number of nitrogens with zero attached hydrogens (tertiary/aromatic N) is 5. The van der Waals surface area contributed by atoms with Gasteiger partial charge in [-0.2, -0.15) is 15.8 Å². The van der Waals surface area contributed by atoms with Crippen molar-refractivity contribution < 1.29 is 0 Å². The van der Waals surface area contributed by atoms with Gasteiger partial charge in [0.2, 0.25) is 0 Å². The number of nitrogens with two attached hydrogens (primary N) is 1. The molecule has 6 heteroatoms. The predicted octanol–water partition coefficient (Wildman–Crippen LogP) is 3.35. The zero-order chi connectivity index (χ0) is 18.3. The molecule has 4 rings (SSSR count). The van der Waals surface area contributed by atoms with Crippen LogP contribution in [0.4, 0.5) is 5.82 Å². The first-order valence-electron chi connectivity index (χ1n) is 7.73. The largest absolute Gasteiger partial charge is 0.384 e. The molecule has 120 valence electrons. The Morgan fingerprint density at radius 1 is 0.846 bits per heavy atom. The van der Waals surface area contributed by atoms with Crippen molar-refractivity contribution in [3.63, 3.8) is 0 Å². The van der Waals surface area contributed by atoms with Crippen LogP contribution in [0.25, 0.3) is 27.8 Å². The van der Waals surface area contributed by atoms with Gasteiger partial charge >= 0.3 is 0 Å². The number of hydrogen-bond donors (Lipinski definition) is 1. The van der Waals surface area contributed by atoms with Crippen molar-refractivity contribution >= 4 is 22.5 Å². The van der Waals surface area contributed by atoms with Gasteiger partial charge in [-0.1, -0.05) is 24.3 Å². The lowest BCUT2D eigenvalue weighted by atomic mass is 9.95. The van der Waals surface area contributed by atoms with Crippen molar-refractivity contribution in [3.05, 3.63) is 65.2 Å². The Morgan fingerprint density at radius 2 is 1.54 bits per heavy atom. The molecule has 0 bridgehead atoms. The number of nitriles is 3. The lowest BCUT2D eigenvalue weighted by molar-refractivity contribution is 1.21. The molecule has 0 unspecified atom stereocenters. The van der Waals surface area contributed by atoms with Crippen molar-refractivity contribution in [2.75, 3.05) is 5.73 Å². The van der Waals surface area contributed by atoms with E-state index in [9.17, 15) is 10.5 Å². The lowest BCUT2D eigenvalue weighted by Gasteiger charge is -2.12. The maximum absolute atomic E-state index is 9.81. The number of hydrogen-bond acceptors (Lipinski definition) is 5. The molecule has 0 aliphatic rings. The number of rotatable bonds is 1. The molecule has 2 aromatic carbocycles. The van der Waals surface area contributed by atoms with Crippen LogP contribution >= 0.6 is 0 Å². The van der Waals surface area contributed by atoms with E-state index < -0.39 is 0 Å². The van der Waals surface area contributed by atoms with Crippen LogP contribution in [0.15, 0.2) is 48.5 Å². The van der Waals surface area contributed by atoms with Crippen molar-refractivity contribution in [1.29, 1.82) is 15.8 Å². The maximum atomic E-state index is 9.81. The second kappa shape index (κ2) is 5.63. The van der Waals surface area contributed by atoms with Crippen LogP contribution in [0.3, 0.4) is 0 Å². The van der Waals surface area contributed by atoms with Gasteiger partial charge < -0.3 is 5.73 Å². The van der Waals surface area contributed by atoms with E-state index in [-0.39, 0.29) is 16.9 Å². The van der Waals surface area contributed by atoms with Crippen LogP contribution in [-0.4, -0.2) is 9.38 Å². The second-order valence-corrected chi connectivity index (χ2v) is 5.68. The number of imidazole rings is 1. The maximum Gasteiger partial charge on any atom is 0.158 e. The summed E-state index contributed by atoms with van der Waals surface area (Å²) in [6.07, 6.45) is 0. The molecule has 0 spiro atoms. The fourth-order valence-electron chi connectivity index (χ4n) is 3.13. The van der Waals surface area contributed by atoms with Crippen LogP contribution in [-0.2, 0) is 0 Å². The number of pyridine rings is 1. The number of aromatic nitrogens is 2. The third-order valence-corrected chi connectivity index (χ3v) is 4.31. The molecule has 0 saturated heterocycles. The third kappa shape index (κ3) is 1.99. The summed E-state index contributed by atoms with van der Waals surface area (Å²) in [6.45, 7) is 0. The van der Waals surface area contributed by atoms with E-state index in [0.29, 0.717) is 27.9 Å². The summed E-state index contributed by atoms with van der Waals surface area (Å²) < 4.78 is 1.64. The Hall–Kier alpha value is -4.34. The van der Waals surface area contributed by atoms with E-state index in [1.165, 1.54) is 0 Å². The topological polar surface area (TPSA) is 115 Å². The van der Waals surface area contributed by atoms with Gasteiger partial charge in [-0.05, 0) is 29.8 Å². The zero-order valence-corrected chi connectivity index (χ0v) is 13.4. The molecule has 0 atom stereocenters. The molecule has 0 fully saturated rings. The van der Waals surface area contributed by atoms with E-state index in [1.54, 1.807) is 28.7 Å². The van der Waals surface area contributed by atoms with Gasteiger partial charge in [0.05, 0.1) is 22.7 Å². The van der Waals surface area contributed by atoms with Gasteiger partial charge in [0.25, 0.3) is 0 Å². The number of nitrogen functional groups attached to an aromatic ring is 1. The molecule has 4 aromatic rings. The van der Waals surface area contributed by atoms with Gasteiger partial charge in [-0.25, -0.2) is 4.98 Å². The van der Waals surface area contributed by atoms with Crippen LogP contribution < -0.4 is 5.73 Å². The Balaban J connectivity index is 2.20. The number of fused-ring (bicyclic) bond motifs is 3. The summed E-state index contributed by atoms with van der Waals surface area (Å²) in [5.41, 5.74) is 10.2. The predicted molar refractivity (Wildman–Crippen MR) is 96.7 cm³/mol. The highest BCUT2D eigenvalue weighted by molar-refractivity contribution is 5.92. The van der Waals surface area contributed by atoms with Crippen LogP contribution in [0, 0.1) is 34.0 Å². The van der Waals surface area contributed by atoms with E-state index in [1.807, 2.05) is 24.3 Å². The number of para-hydroxylation sites is 2. The summed E-state index contributed by atoms with van der Waals surface area (Å²) >= 11 is 0. The standard InChI is InChI=1S/C20H10N6/c21-9-12-5-7-13(8-6-12)18-14(10-22)19(24)26-17-4-2-1-3-16(17)25-20(26)15(18)11-23/h1-8H,24H2. The molecule has 2 N–H and O–H groups in total. The van der Waals surface area contributed by atoms with Gasteiger partial charge in [0, 0.05) is 5.56 Å². The first-order chi connectivity index (χ1) is 12.7. The van der Waals surface area contributed by atoms with Crippen LogP contribution in [0.2, 0.25) is 0 Å². The van der Waals surface area contributed by atoms with E-state index in [0.717, 1.165) is 5.52 Å². The molecule has 2 aromatic heterocycles. The lowest BCUT2D eigenvalue weighted by Crippen LogP contribution is -2.05. The SMILES string of the molecule is N#Cc1ccc(-c2c(C#N)c(N)n3c(nc4ccccc43)c2C#N)cc1. The minimum Gasteiger partial charge on any atom is -0.384 e.